The number of rotatable bonds is 6. The van der Waals surface area contributed by atoms with Crippen LogP contribution in [0, 0.1) is 11.7 Å². The number of halogens is 2. The normalized spacial score (nSPS) is 17.5. The number of carbonyl (C=O) groups excluding carboxylic acids is 1. The van der Waals surface area contributed by atoms with Crippen LogP contribution in [-0.4, -0.2) is 64.7 Å². The van der Waals surface area contributed by atoms with Crippen molar-refractivity contribution in [2.75, 3.05) is 26.2 Å². The minimum atomic E-state index is -0.495. The van der Waals surface area contributed by atoms with Gasteiger partial charge in [-0.1, -0.05) is 0 Å². The first kappa shape index (κ1) is 26.6. The highest BCUT2D eigenvalue weighted by Gasteiger charge is 2.35. The van der Waals surface area contributed by atoms with Gasteiger partial charge in [0.25, 0.3) is 0 Å². The van der Waals surface area contributed by atoms with Crippen LogP contribution in [0.3, 0.4) is 0 Å². The first-order valence-corrected chi connectivity index (χ1v) is 11.4. The van der Waals surface area contributed by atoms with Crippen LogP contribution in [0.25, 0.3) is 0 Å². The number of ether oxygens (including phenoxy) is 1. The Labute approximate surface area is 208 Å². The highest BCUT2D eigenvalue weighted by Crippen LogP contribution is 2.32. The van der Waals surface area contributed by atoms with E-state index in [1.165, 1.54) is 18.9 Å². The Morgan fingerprint density at radius 3 is 2.56 bits per heavy atom. The molecule has 1 amide bonds. The third-order valence-electron chi connectivity index (χ3n) is 5.53. The van der Waals surface area contributed by atoms with Crippen molar-refractivity contribution < 1.29 is 13.9 Å². The molecule has 1 saturated carbocycles. The van der Waals surface area contributed by atoms with E-state index in [1.807, 2.05) is 32.6 Å². The molecule has 0 unspecified atom stereocenters. The molecule has 1 saturated heterocycles. The molecule has 1 N–H and O–H groups in total. The number of amides is 1. The molecule has 2 heterocycles. The zero-order valence-electron chi connectivity index (χ0n) is 19.6. The second-order valence-electron chi connectivity index (χ2n) is 9.40. The van der Waals surface area contributed by atoms with Gasteiger partial charge in [0.05, 0.1) is 12.2 Å². The van der Waals surface area contributed by atoms with E-state index < -0.39 is 5.60 Å². The highest BCUT2D eigenvalue weighted by atomic mass is 127. The molecule has 9 heteroatoms. The van der Waals surface area contributed by atoms with E-state index in [-0.39, 0.29) is 48.5 Å². The van der Waals surface area contributed by atoms with Crippen molar-refractivity contribution in [3.05, 3.63) is 29.8 Å². The second kappa shape index (κ2) is 12.0. The number of guanidine groups is 1. The summed E-state index contributed by atoms with van der Waals surface area (Å²) in [5.41, 5.74) is -0.154. The van der Waals surface area contributed by atoms with Crippen molar-refractivity contribution in [2.45, 2.75) is 71.6 Å². The quantitative estimate of drug-likeness (QED) is 0.317. The zero-order valence-corrected chi connectivity index (χ0v) is 22.0. The van der Waals surface area contributed by atoms with Gasteiger partial charge < -0.3 is 19.9 Å². The standard InChI is InChI=1S/C23H36FN5O2.HI/c1-5-25-21(27-15-20-19(24)7-6-12-26-20)28-13-10-18(11-14-28)29(16-17-8-9-17)22(30)31-23(2,3)4;/h6-7,12,17-18H,5,8-11,13-16H2,1-4H3,(H,25,27);1H. The van der Waals surface area contributed by atoms with E-state index >= 15 is 0 Å². The van der Waals surface area contributed by atoms with Gasteiger partial charge >= 0.3 is 6.09 Å². The number of nitrogens with one attached hydrogen (secondary N) is 1. The number of aromatic nitrogens is 1. The maximum absolute atomic E-state index is 13.9. The predicted octanol–water partition coefficient (Wildman–Crippen LogP) is 4.42. The summed E-state index contributed by atoms with van der Waals surface area (Å²) in [5.74, 6) is 1.03. The zero-order chi connectivity index (χ0) is 22.4. The number of hydrogen-bond acceptors (Lipinski definition) is 4. The van der Waals surface area contributed by atoms with Crippen LogP contribution in [0.2, 0.25) is 0 Å². The lowest BCUT2D eigenvalue weighted by Crippen LogP contribution is -2.52. The lowest BCUT2D eigenvalue weighted by atomic mass is 10.0. The summed E-state index contributed by atoms with van der Waals surface area (Å²) in [5, 5.41) is 3.30. The fraction of sp³-hybridized carbons (Fsp3) is 0.696. The van der Waals surface area contributed by atoms with Crippen LogP contribution in [0.15, 0.2) is 23.3 Å². The minimum Gasteiger partial charge on any atom is -0.444 e. The molecule has 32 heavy (non-hydrogen) atoms. The fourth-order valence-electron chi connectivity index (χ4n) is 3.77. The lowest BCUT2D eigenvalue weighted by molar-refractivity contribution is 0.00928. The van der Waals surface area contributed by atoms with Crippen molar-refractivity contribution >= 4 is 36.0 Å². The maximum atomic E-state index is 13.9. The molecular formula is C23H37FIN5O2. The molecule has 180 valence electrons. The predicted molar refractivity (Wildman–Crippen MR) is 135 cm³/mol. The number of piperidine rings is 1. The summed E-state index contributed by atoms with van der Waals surface area (Å²) in [6.45, 7) is 11.0. The van der Waals surface area contributed by atoms with Crippen molar-refractivity contribution in [3.63, 3.8) is 0 Å². The number of pyridine rings is 1. The van der Waals surface area contributed by atoms with Gasteiger partial charge in [-0.3, -0.25) is 4.98 Å². The van der Waals surface area contributed by atoms with Gasteiger partial charge in [0.2, 0.25) is 0 Å². The molecule has 0 atom stereocenters. The molecule has 1 aromatic rings. The summed E-state index contributed by atoms with van der Waals surface area (Å²) in [4.78, 5) is 25.7. The van der Waals surface area contributed by atoms with Gasteiger partial charge in [-0.15, -0.1) is 24.0 Å². The summed E-state index contributed by atoms with van der Waals surface area (Å²) in [6.07, 6.45) is 5.48. The number of hydrogen-bond donors (Lipinski definition) is 1. The Kier molecular flexibility index (Phi) is 9.97. The maximum Gasteiger partial charge on any atom is 0.410 e. The molecule has 1 aliphatic heterocycles. The molecule has 3 rings (SSSR count). The molecule has 0 spiro atoms. The van der Waals surface area contributed by atoms with E-state index in [4.69, 9.17) is 4.74 Å². The smallest absolute Gasteiger partial charge is 0.410 e. The van der Waals surface area contributed by atoms with E-state index in [0.29, 0.717) is 11.6 Å². The second-order valence-corrected chi connectivity index (χ2v) is 9.40. The average Bonchev–Trinajstić information content (AvgIpc) is 3.53. The van der Waals surface area contributed by atoms with Gasteiger partial charge in [-0.05, 0) is 71.4 Å². The Morgan fingerprint density at radius 2 is 2.00 bits per heavy atom. The van der Waals surface area contributed by atoms with Gasteiger partial charge in [0, 0.05) is 38.4 Å². The molecule has 0 aromatic carbocycles. The SMILES string of the molecule is CCNC(=NCc1ncccc1F)N1CCC(N(CC2CC2)C(=O)OC(C)(C)C)CC1.I. The van der Waals surface area contributed by atoms with Gasteiger partial charge in [-0.2, -0.15) is 0 Å². The van der Waals surface area contributed by atoms with E-state index in [9.17, 15) is 9.18 Å². The third-order valence-corrected chi connectivity index (χ3v) is 5.53. The summed E-state index contributed by atoms with van der Waals surface area (Å²) in [7, 11) is 0. The Bertz CT molecular complexity index is 774. The molecular weight excluding hydrogens is 524 g/mol. The number of aliphatic imine (C=N–C) groups is 1. The van der Waals surface area contributed by atoms with Crippen LogP contribution in [0.5, 0.6) is 0 Å². The Balaban J connectivity index is 0.00000363. The molecule has 1 aliphatic carbocycles. The number of nitrogens with zero attached hydrogens (tertiary/aromatic N) is 4. The van der Waals surface area contributed by atoms with Crippen LogP contribution < -0.4 is 5.32 Å². The van der Waals surface area contributed by atoms with Crippen molar-refractivity contribution in [1.82, 2.24) is 20.1 Å². The highest BCUT2D eigenvalue weighted by molar-refractivity contribution is 14.0. The van der Waals surface area contributed by atoms with Crippen LogP contribution in [0.4, 0.5) is 9.18 Å². The summed E-state index contributed by atoms with van der Waals surface area (Å²) < 4.78 is 19.6. The van der Waals surface area contributed by atoms with Crippen LogP contribution >= 0.6 is 24.0 Å². The minimum absolute atomic E-state index is 0. The van der Waals surface area contributed by atoms with Gasteiger partial charge in [0.1, 0.15) is 11.4 Å². The Morgan fingerprint density at radius 1 is 1.31 bits per heavy atom. The Hall–Kier alpha value is -1.65. The topological polar surface area (TPSA) is 70.1 Å². The monoisotopic (exact) mass is 561 g/mol. The largest absolute Gasteiger partial charge is 0.444 e. The number of carbonyl (C=O) groups is 1. The average molecular weight is 561 g/mol. The molecule has 1 aromatic heterocycles. The molecule has 2 aliphatic rings. The van der Waals surface area contributed by atoms with Crippen molar-refractivity contribution in [3.8, 4) is 0 Å². The van der Waals surface area contributed by atoms with Gasteiger partial charge in [0.15, 0.2) is 5.96 Å². The van der Waals surface area contributed by atoms with Crippen molar-refractivity contribution in [1.29, 1.82) is 0 Å². The third kappa shape index (κ3) is 8.04. The van der Waals surface area contributed by atoms with Gasteiger partial charge in [-0.25, -0.2) is 14.2 Å². The molecule has 2 fully saturated rings. The van der Waals surface area contributed by atoms with Crippen LogP contribution in [-0.2, 0) is 11.3 Å². The lowest BCUT2D eigenvalue weighted by Gasteiger charge is -2.40. The molecule has 7 nitrogen and oxygen atoms in total. The summed E-state index contributed by atoms with van der Waals surface area (Å²) in [6, 6.07) is 3.15. The van der Waals surface area contributed by atoms with E-state index in [2.05, 4.69) is 20.2 Å². The van der Waals surface area contributed by atoms with E-state index in [1.54, 1.807) is 12.3 Å². The molecule has 0 radical (unpaired) electrons. The summed E-state index contributed by atoms with van der Waals surface area (Å²) >= 11 is 0. The van der Waals surface area contributed by atoms with Crippen LogP contribution in [0.1, 0.15) is 59.1 Å². The molecule has 0 bridgehead atoms. The first-order valence-electron chi connectivity index (χ1n) is 11.4. The van der Waals surface area contributed by atoms with E-state index in [0.717, 1.165) is 45.0 Å². The fourth-order valence-corrected chi connectivity index (χ4v) is 3.77. The number of likely N-dealkylation sites (tertiary alicyclic amines) is 1. The first-order chi connectivity index (χ1) is 14.8. The van der Waals surface area contributed by atoms with Crippen molar-refractivity contribution in [2.24, 2.45) is 10.9 Å².